The van der Waals surface area contributed by atoms with E-state index in [0.717, 1.165) is 14.5 Å². The molecule has 0 saturated heterocycles. The molecule has 124 valence electrons. The lowest BCUT2D eigenvalue weighted by Crippen LogP contribution is -2.33. The number of amides is 1. The number of ether oxygens (including phenoxy) is 1. The summed E-state index contributed by atoms with van der Waals surface area (Å²) in [5.41, 5.74) is 1.56. The number of anilines is 1. The standard InChI is InChI=1S/C16H12Br2N2O4/c17-11-1-4-15(13(18)8-11)24-9-16(21)19-6-5-10-7-12(20(22)23)2-3-14(10)19/h1-4,7-8H,5-6,9H2. The SMILES string of the molecule is O=C(COc1ccc(Br)cc1Br)N1CCc2cc([N+](=O)[O-])ccc21. The molecular formula is C16H12Br2N2O4. The zero-order valence-electron chi connectivity index (χ0n) is 12.4. The van der Waals surface area contributed by atoms with Gasteiger partial charge < -0.3 is 9.64 Å². The number of hydrogen-bond acceptors (Lipinski definition) is 4. The molecule has 2 aromatic carbocycles. The molecule has 0 radical (unpaired) electrons. The van der Waals surface area contributed by atoms with E-state index < -0.39 is 4.92 Å². The number of benzene rings is 2. The highest BCUT2D eigenvalue weighted by Crippen LogP contribution is 2.32. The number of fused-ring (bicyclic) bond motifs is 1. The number of nitro groups is 1. The molecule has 0 atom stereocenters. The second kappa shape index (κ2) is 6.90. The Kier molecular flexibility index (Phi) is 4.86. The summed E-state index contributed by atoms with van der Waals surface area (Å²) in [4.78, 5) is 24.4. The van der Waals surface area contributed by atoms with Crippen LogP contribution in [0.5, 0.6) is 5.75 Å². The molecule has 24 heavy (non-hydrogen) atoms. The van der Waals surface area contributed by atoms with Crippen LogP contribution in [0, 0.1) is 10.1 Å². The predicted octanol–water partition coefficient (Wildman–Crippen LogP) is 4.09. The Morgan fingerprint density at radius 3 is 2.75 bits per heavy atom. The van der Waals surface area contributed by atoms with Crippen molar-refractivity contribution in [2.75, 3.05) is 18.1 Å². The Bertz CT molecular complexity index is 826. The Hall–Kier alpha value is -1.93. The molecule has 0 aliphatic carbocycles. The van der Waals surface area contributed by atoms with E-state index >= 15 is 0 Å². The number of non-ortho nitro benzene ring substituents is 1. The molecule has 0 aromatic heterocycles. The molecule has 0 fully saturated rings. The van der Waals surface area contributed by atoms with E-state index in [1.807, 2.05) is 12.1 Å². The minimum Gasteiger partial charge on any atom is -0.483 e. The quantitative estimate of drug-likeness (QED) is 0.514. The van der Waals surface area contributed by atoms with E-state index in [2.05, 4.69) is 31.9 Å². The van der Waals surface area contributed by atoms with Crippen molar-refractivity contribution in [3.05, 3.63) is 61.0 Å². The largest absolute Gasteiger partial charge is 0.483 e. The Morgan fingerprint density at radius 2 is 2.04 bits per heavy atom. The summed E-state index contributed by atoms with van der Waals surface area (Å²) < 4.78 is 7.23. The monoisotopic (exact) mass is 454 g/mol. The van der Waals surface area contributed by atoms with Crippen LogP contribution < -0.4 is 9.64 Å². The number of rotatable bonds is 4. The smallest absolute Gasteiger partial charge is 0.269 e. The van der Waals surface area contributed by atoms with Gasteiger partial charge in [0, 0.05) is 28.8 Å². The third kappa shape index (κ3) is 3.44. The first-order valence-electron chi connectivity index (χ1n) is 7.11. The van der Waals surface area contributed by atoms with E-state index in [1.54, 1.807) is 17.0 Å². The van der Waals surface area contributed by atoms with Gasteiger partial charge in [0.2, 0.25) is 0 Å². The molecule has 0 bridgehead atoms. The van der Waals surface area contributed by atoms with Crippen LogP contribution in [-0.2, 0) is 11.2 Å². The van der Waals surface area contributed by atoms with E-state index in [1.165, 1.54) is 12.1 Å². The van der Waals surface area contributed by atoms with Gasteiger partial charge in [0.1, 0.15) is 5.75 Å². The normalized spacial score (nSPS) is 12.8. The first-order valence-corrected chi connectivity index (χ1v) is 8.70. The highest BCUT2D eigenvalue weighted by molar-refractivity contribution is 9.11. The molecule has 8 heteroatoms. The summed E-state index contributed by atoms with van der Waals surface area (Å²) in [6.45, 7) is 0.400. The Balaban J connectivity index is 1.70. The maximum atomic E-state index is 12.4. The van der Waals surface area contributed by atoms with Gasteiger partial charge in [-0.25, -0.2) is 0 Å². The molecule has 1 aliphatic rings. The highest BCUT2D eigenvalue weighted by atomic mass is 79.9. The summed E-state index contributed by atoms with van der Waals surface area (Å²) in [7, 11) is 0. The Morgan fingerprint density at radius 1 is 1.25 bits per heavy atom. The van der Waals surface area contributed by atoms with Crippen molar-refractivity contribution in [3.63, 3.8) is 0 Å². The van der Waals surface area contributed by atoms with Crippen molar-refractivity contribution in [1.82, 2.24) is 0 Å². The van der Waals surface area contributed by atoms with Crippen molar-refractivity contribution >= 4 is 49.1 Å². The summed E-state index contributed by atoms with van der Waals surface area (Å²) in [6, 6.07) is 9.99. The fourth-order valence-electron chi connectivity index (χ4n) is 2.57. The van der Waals surface area contributed by atoms with Gasteiger partial charge in [0.15, 0.2) is 6.61 Å². The molecule has 3 rings (SSSR count). The lowest BCUT2D eigenvalue weighted by atomic mass is 10.1. The summed E-state index contributed by atoms with van der Waals surface area (Å²) >= 11 is 6.74. The molecule has 0 spiro atoms. The molecule has 0 N–H and O–H groups in total. The zero-order valence-corrected chi connectivity index (χ0v) is 15.5. The molecule has 2 aromatic rings. The Labute approximate surface area is 154 Å². The van der Waals surface area contributed by atoms with Crippen LogP contribution in [0.3, 0.4) is 0 Å². The number of hydrogen-bond donors (Lipinski definition) is 0. The maximum absolute atomic E-state index is 12.4. The van der Waals surface area contributed by atoms with Gasteiger partial charge in [-0.1, -0.05) is 15.9 Å². The van der Waals surface area contributed by atoms with Gasteiger partial charge in [-0.05, 0) is 52.2 Å². The van der Waals surface area contributed by atoms with E-state index in [4.69, 9.17) is 4.74 Å². The molecule has 0 unspecified atom stereocenters. The first kappa shape index (κ1) is 16.9. The van der Waals surface area contributed by atoms with Crippen molar-refractivity contribution in [2.24, 2.45) is 0 Å². The molecule has 6 nitrogen and oxygen atoms in total. The third-order valence-electron chi connectivity index (χ3n) is 3.72. The number of carbonyl (C=O) groups excluding carboxylic acids is 1. The predicted molar refractivity (Wildman–Crippen MR) is 96.5 cm³/mol. The van der Waals surface area contributed by atoms with Crippen molar-refractivity contribution in [3.8, 4) is 5.75 Å². The van der Waals surface area contributed by atoms with Crippen molar-refractivity contribution in [1.29, 1.82) is 0 Å². The van der Waals surface area contributed by atoms with E-state index in [9.17, 15) is 14.9 Å². The summed E-state index contributed by atoms with van der Waals surface area (Å²) in [5, 5.41) is 10.8. The number of nitro benzene ring substituents is 1. The van der Waals surface area contributed by atoms with Gasteiger partial charge in [-0.2, -0.15) is 0 Å². The van der Waals surface area contributed by atoms with Crippen LogP contribution >= 0.6 is 31.9 Å². The number of nitrogens with zero attached hydrogens (tertiary/aromatic N) is 2. The van der Waals surface area contributed by atoms with Crippen molar-refractivity contribution in [2.45, 2.75) is 6.42 Å². The molecule has 0 saturated carbocycles. The van der Waals surface area contributed by atoms with E-state index in [-0.39, 0.29) is 18.2 Å². The minimum atomic E-state index is -0.432. The fraction of sp³-hybridized carbons (Fsp3) is 0.188. The van der Waals surface area contributed by atoms with Crippen LogP contribution in [0.4, 0.5) is 11.4 Å². The molecule has 1 heterocycles. The number of carbonyl (C=O) groups is 1. The summed E-state index contributed by atoms with van der Waals surface area (Å²) in [6.07, 6.45) is 0.602. The van der Waals surface area contributed by atoms with Gasteiger partial charge in [-0.15, -0.1) is 0 Å². The second-order valence-corrected chi connectivity index (χ2v) is 7.00. The number of halogens is 2. The van der Waals surface area contributed by atoms with Crippen LogP contribution in [0.1, 0.15) is 5.56 Å². The van der Waals surface area contributed by atoms with Crippen molar-refractivity contribution < 1.29 is 14.5 Å². The van der Waals surface area contributed by atoms with Crippen LogP contribution in [0.15, 0.2) is 45.3 Å². The third-order valence-corrected chi connectivity index (χ3v) is 4.83. The van der Waals surface area contributed by atoms with Gasteiger partial charge in [-0.3, -0.25) is 14.9 Å². The van der Waals surface area contributed by atoms with Crippen LogP contribution in [-0.4, -0.2) is 24.0 Å². The van der Waals surface area contributed by atoms with Gasteiger partial charge in [0.05, 0.1) is 9.40 Å². The minimum absolute atomic E-state index is 0.0399. The second-order valence-electron chi connectivity index (χ2n) is 5.23. The summed E-state index contributed by atoms with van der Waals surface area (Å²) in [5.74, 6) is 0.395. The lowest BCUT2D eigenvalue weighted by molar-refractivity contribution is -0.384. The van der Waals surface area contributed by atoms with E-state index in [0.29, 0.717) is 24.4 Å². The van der Waals surface area contributed by atoms with Gasteiger partial charge in [0.25, 0.3) is 11.6 Å². The molecular weight excluding hydrogens is 444 g/mol. The fourth-order valence-corrected chi connectivity index (χ4v) is 3.73. The van der Waals surface area contributed by atoms with Crippen LogP contribution in [0.25, 0.3) is 0 Å². The maximum Gasteiger partial charge on any atom is 0.269 e. The molecule has 1 amide bonds. The average Bonchev–Trinajstić information content (AvgIpc) is 2.96. The average molecular weight is 456 g/mol. The molecule has 1 aliphatic heterocycles. The van der Waals surface area contributed by atoms with Gasteiger partial charge >= 0.3 is 0 Å². The van der Waals surface area contributed by atoms with Crippen LogP contribution in [0.2, 0.25) is 0 Å². The topological polar surface area (TPSA) is 72.7 Å². The lowest BCUT2D eigenvalue weighted by Gasteiger charge is -2.18. The zero-order chi connectivity index (χ0) is 17.3. The highest BCUT2D eigenvalue weighted by Gasteiger charge is 2.26. The first-order chi connectivity index (χ1) is 11.5.